The molecule has 1 amide bonds. The Morgan fingerprint density at radius 1 is 1.22 bits per heavy atom. The molecule has 0 bridgehead atoms. The predicted octanol–water partition coefficient (Wildman–Crippen LogP) is 1.94. The molecule has 0 spiro atoms. The van der Waals surface area contributed by atoms with Gasteiger partial charge in [-0.15, -0.1) is 0 Å². The largest absolute Gasteiger partial charge is 0.381 e. The Hall–Kier alpha value is -0.610. The van der Waals surface area contributed by atoms with E-state index < -0.39 is 0 Å². The normalized spacial score (nSPS) is 13.7. The average molecular weight is 258 g/mol. The third-order valence-electron chi connectivity index (χ3n) is 2.26. The maximum absolute atomic E-state index is 11.8. The van der Waals surface area contributed by atoms with E-state index in [2.05, 4.69) is 24.5 Å². The summed E-state index contributed by atoms with van der Waals surface area (Å²) < 4.78 is 5.48. The second kappa shape index (κ2) is 8.48. The summed E-state index contributed by atoms with van der Waals surface area (Å²) in [5.74, 6) is 0.625. The monoisotopic (exact) mass is 258 g/mol. The Bertz CT molecular complexity index is 234. The van der Waals surface area contributed by atoms with Crippen LogP contribution in [0.15, 0.2) is 0 Å². The van der Waals surface area contributed by atoms with E-state index in [0.29, 0.717) is 5.92 Å². The van der Waals surface area contributed by atoms with Gasteiger partial charge in [0.25, 0.3) is 0 Å². The molecule has 0 aromatic rings. The molecule has 0 aromatic carbocycles. The highest BCUT2D eigenvalue weighted by molar-refractivity contribution is 5.81. The van der Waals surface area contributed by atoms with E-state index in [4.69, 9.17) is 4.74 Å². The minimum atomic E-state index is -0.173. The molecule has 0 aliphatic carbocycles. The van der Waals surface area contributed by atoms with Gasteiger partial charge in [-0.05, 0) is 46.6 Å². The van der Waals surface area contributed by atoms with E-state index in [9.17, 15) is 4.79 Å². The molecular weight excluding hydrogens is 228 g/mol. The van der Waals surface area contributed by atoms with Gasteiger partial charge in [0.1, 0.15) is 0 Å². The predicted molar refractivity (Wildman–Crippen MR) is 75.6 cm³/mol. The summed E-state index contributed by atoms with van der Waals surface area (Å²) in [6.45, 7) is 14.5. The molecule has 0 saturated carbocycles. The Kier molecular flexibility index (Phi) is 8.20. The molecule has 18 heavy (non-hydrogen) atoms. The van der Waals surface area contributed by atoms with E-state index in [1.54, 1.807) is 0 Å². The molecule has 1 unspecified atom stereocenters. The fraction of sp³-hybridized carbons (Fsp3) is 0.929. The summed E-state index contributed by atoms with van der Waals surface area (Å²) in [5, 5.41) is 6.15. The Balaban J connectivity index is 3.58. The van der Waals surface area contributed by atoms with Gasteiger partial charge < -0.3 is 15.4 Å². The van der Waals surface area contributed by atoms with Gasteiger partial charge in [0.2, 0.25) is 5.91 Å². The van der Waals surface area contributed by atoms with Crippen LogP contribution in [0.1, 0.15) is 48.0 Å². The van der Waals surface area contributed by atoms with Crippen molar-refractivity contribution in [3.8, 4) is 0 Å². The van der Waals surface area contributed by atoms with E-state index in [1.165, 1.54) is 0 Å². The maximum Gasteiger partial charge on any atom is 0.237 e. The molecule has 4 nitrogen and oxygen atoms in total. The molecule has 2 N–H and O–H groups in total. The molecule has 0 fully saturated rings. The number of hydrogen-bond donors (Lipinski definition) is 2. The van der Waals surface area contributed by atoms with Crippen LogP contribution >= 0.6 is 0 Å². The maximum atomic E-state index is 11.8. The standard InChI is InChI=1S/C14H30N2O2/c1-11(2)10-18-9-7-8-15-12(3)13(17)16-14(4,5)6/h11-12,15H,7-10H2,1-6H3,(H,16,17). The number of nitrogens with one attached hydrogen (secondary N) is 2. The molecule has 0 saturated heterocycles. The van der Waals surface area contributed by atoms with Crippen molar-refractivity contribution in [2.75, 3.05) is 19.8 Å². The Labute approximate surface area is 112 Å². The summed E-state index contributed by atoms with van der Waals surface area (Å²) in [6, 6.07) is -0.158. The summed E-state index contributed by atoms with van der Waals surface area (Å²) in [7, 11) is 0. The third-order valence-corrected chi connectivity index (χ3v) is 2.26. The average Bonchev–Trinajstić information content (AvgIpc) is 2.19. The van der Waals surface area contributed by atoms with Gasteiger partial charge in [-0.2, -0.15) is 0 Å². The molecule has 0 aromatic heterocycles. The fourth-order valence-electron chi connectivity index (χ4n) is 1.38. The Morgan fingerprint density at radius 2 is 1.83 bits per heavy atom. The van der Waals surface area contributed by atoms with Crippen LogP contribution in [0.5, 0.6) is 0 Å². The van der Waals surface area contributed by atoms with Gasteiger partial charge in [0.05, 0.1) is 6.04 Å². The number of amides is 1. The van der Waals surface area contributed by atoms with Gasteiger partial charge in [-0.3, -0.25) is 4.79 Å². The van der Waals surface area contributed by atoms with Crippen LogP contribution in [0.3, 0.4) is 0 Å². The van der Waals surface area contributed by atoms with E-state index in [1.807, 2.05) is 27.7 Å². The van der Waals surface area contributed by atoms with Gasteiger partial charge in [-0.1, -0.05) is 13.8 Å². The van der Waals surface area contributed by atoms with Crippen LogP contribution in [-0.4, -0.2) is 37.2 Å². The minimum absolute atomic E-state index is 0.0469. The van der Waals surface area contributed by atoms with Gasteiger partial charge >= 0.3 is 0 Å². The van der Waals surface area contributed by atoms with Crippen molar-refractivity contribution in [2.45, 2.75) is 59.5 Å². The first-order valence-electron chi connectivity index (χ1n) is 6.85. The van der Waals surface area contributed by atoms with Gasteiger partial charge in [0.15, 0.2) is 0 Å². The zero-order chi connectivity index (χ0) is 14.2. The number of rotatable bonds is 8. The van der Waals surface area contributed by atoms with Crippen LogP contribution in [0.25, 0.3) is 0 Å². The van der Waals surface area contributed by atoms with Gasteiger partial charge in [0, 0.05) is 18.8 Å². The first-order valence-corrected chi connectivity index (χ1v) is 6.85. The SMILES string of the molecule is CC(C)COCCCNC(C)C(=O)NC(C)(C)C. The van der Waals surface area contributed by atoms with Crippen molar-refractivity contribution < 1.29 is 9.53 Å². The van der Waals surface area contributed by atoms with Crippen molar-refractivity contribution in [1.82, 2.24) is 10.6 Å². The lowest BCUT2D eigenvalue weighted by Gasteiger charge is -2.23. The molecule has 4 heteroatoms. The lowest BCUT2D eigenvalue weighted by molar-refractivity contribution is -0.124. The highest BCUT2D eigenvalue weighted by Gasteiger charge is 2.18. The summed E-state index contributed by atoms with van der Waals surface area (Å²) in [6.07, 6.45) is 0.930. The zero-order valence-electron chi connectivity index (χ0n) is 12.8. The molecule has 108 valence electrons. The lowest BCUT2D eigenvalue weighted by Crippen LogP contribution is -2.49. The number of carbonyl (C=O) groups is 1. The van der Waals surface area contributed by atoms with Crippen LogP contribution in [0, 0.1) is 5.92 Å². The van der Waals surface area contributed by atoms with E-state index in [0.717, 1.165) is 26.2 Å². The van der Waals surface area contributed by atoms with Crippen LogP contribution in [0.4, 0.5) is 0 Å². The second-order valence-electron chi connectivity index (χ2n) is 6.24. The smallest absolute Gasteiger partial charge is 0.237 e. The molecule has 0 aliphatic heterocycles. The zero-order valence-corrected chi connectivity index (χ0v) is 12.8. The lowest BCUT2D eigenvalue weighted by atomic mass is 10.1. The first-order chi connectivity index (χ1) is 8.22. The van der Waals surface area contributed by atoms with Crippen LogP contribution < -0.4 is 10.6 Å². The fourth-order valence-corrected chi connectivity index (χ4v) is 1.38. The van der Waals surface area contributed by atoms with Crippen molar-refractivity contribution >= 4 is 5.91 Å². The van der Waals surface area contributed by atoms with Crippen molar-refractivity contribution in [1.29, 1.82) is 0 Å². The summed E-state index contributed by atoms with van der Waals surface area (Å²) >= 11 is 0. The van der Waals surface area contributed by atoms with Crippen molar-refractivity contribution in [2.24, 2.45) is 5.92 Å². The van der Waals surface area contributed by atoms with E-state index in [-0.39, 0.29) is 17.5 Å². The molecule has 1 atom stereocenters. The second-order valence-corrected chi connectivity index (χ2v) is 6.24. The van der Waals surface area contributed by atoms with Crippen molar-refractivity contribution in [3.05, 3.63) is 0 Å². The number of carbonyl (C=O) groups excluding carboxylic acids is 1. The van der Waals surface area contributed by atoms with Crippen LogP contribution in [0.2, 0.25) is 0 Å². The van der Waals surface area contributed by atoms with Crippen LogP contribution in [-0.2, 0) is 9.53 Å². The highest BCUT2D eigenvalue weighted by Crippen LogP contribution is 1.99. The van der Waals surface area contributed by atoms with Crippen molar-refractivity contribution in [3.63, 3.8) is 0 Å². The Morgan fingerprint density at radius 3 is 2.33 bits per heavy atom. The molecule has 0 aliphatic rings. The highest BCUT2D eigenvalue weighted by atomic mass is 16.5. The molecule has 0 rings (SSSR count). The molecular formula is C14H30N2O2. The first kappa shape index (κ1) is 17.4. The number of hydrogen-bond acceptors (Lipinski definition) is 3. The molecule has 0 radical (unpaired) electrons. The third kappa shape index (κ3) is 10.5. The topological polar surface area (TPSA) is 50.4 Å². The summed E-state index contributed by atoms with van der Waals surface area (Å²) in [4.78, 5) is 11.8. The quantitative estimate of drug-likeness (QED) is 0.654. The van der Waals surface area contributed by atoms with Gasteiger partial charge in [-0.25, -0.2) is 0 Å². The number of ether oxygens (including phenoxy) is 1. The minimum Gasteiger partial charge on any atom is -0.381 e. The van der Waals surface area contributed by atoms with E-state index >= 15 is 0 Å². The summed E-state index contributed by atoms with van der Waals surface area (Å²) in [5.41, 5.74) is -0.173. The molecule has 0 heterocycles.